The van der Waals surface area contributed by atoms with E-state index >= 15 is 0 Å². The van der Waals surface area contributed by atoms with Crippen molar-refractivity contribution in [1.82, 2.24) is 9.80 Å². The summed E-state index contributed by atoms with van der Waals surface area (Å²) < 4.78 is 0. The van der Waals surface area contributed by atoms with Gasteiger partial charge in [0.1, 0.15) is 0 Å². The lowest BCUT2D eigenvalue weighted by Gasteiger charge is -2.29. The van der Waals surface area contributed by atoms with E-state index in [4.69, 9.17) is 0 Å². The maximum Gasteiger partial charge on any atom is 0.256 e. The molecule has 2 aliphatic carbocycles. The van der Waals surface area contributed by atoms with Crippen LogP contribution in [0, 0.1) is 11.8 Å². The highest BCUT2D eigenvalue weighted by molar-refractivity contribution is 6.02. The second-order valence-corrected chi connectivity index (χ2v) is 11.1. The molecule has 0 aromatic heterocycles. The lowest BCUT2D eigenvalue weighted by atomic mass is 9.85. The Kier molecular flexibility index (Phi) is 8.30. The largest absolute Gasteiger partial charge is 0.369 e. The zero-order chi connectivity index (χ0) is 26.5. The number of rotatable bonds is 7. The van der Waals surface area contributed by atoms with E-state index in [1.807, 2.05) is 60.5 Å². The Balaban J connectivity index is 1.36. The number of carbonyl (C=O) groups is 3. The summed E-state index contributed by atoms with van der Waals surface area (Å²) in [4.78, 5) is 45.5. The van der Waals surface area contributed by atoms with E-state index < -0.39 is 0 Å². The third-order valence-corrected chi connectivity index (χ3v) is 8.43. The third-order valence-electron chi connectivity index (χ3n) is 8.43. The van der Waals surface area contributed by atoms with Crippen LogP contribution in [0.2, 0.25) is 0 Å². The molecule has 3 amide bonds. The normalized spacial score (nSPS) is 18.6. The number of nitrogens with one attached hydrogen (secondary N) is 1. The third kappa shape index (κ3) is 6.03. The van der Waals surface area contributed by atoms with Gasteiger partial charge in [-0.3, -0.25) is 14.4 Å². The summed E-state index contributed by atoms with van der Waals surface area (Å²) >= 11 is 0. The van der Waals surface area contributed by atoms with Crippen molar-refractivity contribution in [1.29, 1.82) is 0 Å². The Bertz CT molecular complexity index is 1140. The van der Waals surface area contributed by atoms with Gasteiger partial charge in [-0.15, -0.1) is 0 Å². The number of carbonyl (C=O) groups excluding carboxylic acids is 3. The molecule has 1 aliphatic heterocycles. The van der Waals surface area contributed by atoms with Crippen LogP contribution in [-0.4, -0.2) is 60.7 Å². The van der Waals surface area contributed by atoms with Gasteiger partial charge in [0.2, 0.25) is 11.8 Å². The van der Waals surface area contributed by atoms with Gasteiger partial charge in [0.15, 0.2) is 0 Å². The molecule has 0 unspecified atom stereocenters. The number of nitrogens with zero attached hydrogens (tertiary/aromatic N) is 3. The minimum absolute atomic E-state index is 0.0379. The SMILES string of the molecule is CN(Cc1ccccc1)C(=O)c1cc(NC(=O)C2CCC2)ccc1N1CCCN(C(=O)C2CCCC2)CC1. The average Bonchev–Trinajstić information content (AvgIpc) is 3.32. The van der Waals surface area contributed by atoms with Crippen molar-refractivity contribution in [3.63, 3.8) is 0 Å². The number of amides is 3. The Labute approximate surface area is 226 Å². The Hall–Kier alpha value is -3.35. The number of hydrogen-bond acceptors (Lipinski definition) is 4. The van der Waals surface area contributed by atoms with E-state index in [-0.39, 0.29) is 23.7 Å². The monoisotopic (exact) mass is 516 g/mol. The molecule has 1 saturated heterocycles. The van der Waals surface area contributed by atoms with Crippen molar-refractivity contribution in [2.24, 2.45) is 11.8 Å². The first kappa shape index (κ1) is 26.3. The molecule has 7 heteroatoms. The minimum Gasteiger partial charge on any atom is -0.369 e. The first-order valence-corrected chi connectivity index (χ1v) is 14.3. The quantitative estimate of drug-likeness (QED) is 0.567. The van der Waals surface area contributed by atoms with Crippen LogP contribution in [0.3, 0.4) is 0 Å². The van der Waals surface area contributed by atoms with Crippen molar-refractivity contribution in [3.05, 3.63) is 59.7 Å². The van der Waals surface area contributed by atoms with Crippen LogP contribution in [0.5, 0.6) is 0 Å². The number of hydrogen-bond donors (Lipinski definition) is 1. The van der Waals surface area contributed by atoms with Gasteiger partial charge in [-0.05, 0) is 55.9 Å². The molecule has 0 atom stereocenters. The second kappa shape index (κ2) is 12.0. The van der Waals surface area contributed by atoms with E-state index in [2.05, 4.69) is 10.2 Å². The van der Waals surface area contributed by atoms with Gasteiger partial charge < -0.3 is 20.0 Å². The van der Waals surface area contributed by atoms with Gasteiger partial charge in [-0.2, -0.15) is 0 Å². The Morgan fingerprint density at radius 1 is 0.842 bits per heavy atom. The van der Waals surface area contributed by atoms with Gasteiger partial charge in [0, 0.05) is 63.0 Å². The van der Waals surface area contributed by atoms with Crippen LogP contribution >= 0.6 is 0 Å². The smallest absolute Gasteiger partial charge is 0.256 e. The van der Waals surface area contributed by atoms with Crippen LogP contribution in [0.1, 0.15) is 67.3 Å². The first-order chi connectivity index (χ1) is 18.5. The van der Waals surface area contributed by atoms with Crippen molar-refractivity contribution in [3.8, 4) is 0 Å². The molecule has 1 N–H and O–H groups in total. The van der Waals surface area contributed by atoms with E-state index in [1.165, 1.54) is 0 Å². The Morgan fingerprint density at radius 3 is 2.29 bits per heavy atom. The average molecular weight is 517 g/mol. The van der Waals surface area contributed by atoms with E-state index in [0.29, 0.717) is 36.8 Å². The van der Waals surface area contributed by atoms with Gasteiger partial charge in [0.25, 0.3) is 5.91 Å². The lowest BCUT2D eigenvalue weighted by Crippen LogP contribution is -2.38. The molecule has 2 saturated carbocycles. The van der Waals surface area contributed by atoms with Crippen molar-refractivity contribution >= 4 is 29.1 Å². The summed E-state index contributed by atoms with van der Waals surface area (Å²) in [6.45, 7) is 3.41. The molecule has 3 aliphatic rings. The van der Waals surface area contributed by atoms with Crippen molar-refractivity contribution in [2.75, 3.05) is 43.4 Å². The predicted molar refractivity (Wildman–Crippen MR) is 150 cm³/mol. The molecule has 7 nitrogen and oxygen atoms in total. The van der Waals surface area contributed by atoms with Gasteiger partial charge in [-0.25, -0.2) is 0 Å². The molecular formula is C31H40N4O3. The molecule has 202 valence electrons. The fourth-order valence-electron chi connectivity index (χ4n) is 5.92. The summed E-state index contributed by atoms with van der Waals surface area (Å²) in [5.74, 6) is 0.521. The molecule has 3 fully saturated rings. The van der Waals surface area contributed by atoms with Crippen LogP contribution in [0.25, 0.3) is 0 Å². The summed E-state index contributed by atoms with van der Waals surface area (Å²) in [6.07, 6.45) is 8.16. The van der Waals surface area contributed by atoms with Gasteiger partial charge in [0.05, 0.1) is 5.56 Å². The highest BCUT2D eigenvalue weighted by atomic mass is 16.2. The minimum atomic E-state index is -0.0771. The highest BCUT2D eigenvalue weighted by Gasteiger charge is 2.30. The van der Waals surface area contributed by atoms with Crippen LogP contribution in [-0.2, 0) is 16.1 Å². The van der Waals surface area contributed by atoms with E-state index in [0.717, 1.165) is 75.7 Å². The van der Waals surface area contributed by atoms with Crippen molar-refractivity contribution < 1.29 is 14.4 Å². The maximum absolute atomic E-state index is 13.8. The summed E-state index contributed by atoms with van der Waals surface area (Å²) in [7, 11) is 1.82. The zero-order valence-electron chi connectivity index (χ0n) is 22.5. The predicted octanol–water partition coefficient (Wildman–Crippen LogP) is 4.93. The molecule has 2 aromatic carbocycles. The molecule has 2 aromatic rings. The van der Waals surface area contributed by atoms with E-state index in [9.17, 15) is 14.4 Å². The zero-order valence-corrected chi connectivity index (χ0v) is 22.5. The highest BCUT2D eigenvalue weighted by Crippen LogP contribution is 2.31. The Morgan fingerprint density at radius 2 is 1.58 bits per heavy atom. The standard InChI is InChI=1S/C31H40N4O3/c1-33(22-23-9-3-2-4-10-23)31(38)27-21-26(32-29(36)24-13-7-14-24)15-16-28(27)34-17-8-18-35(20-19-34)30(37)25-11-5-6-12-25/h2-4,9-10,15-16,21,24-25H,5-8,11-14,17-20,22H2,1H3,(H,32,36). The second-order valence-electron chi connectivity index (χ2n) is 11.1. The summed E-state index contributed by atoms with van der Waals surface area (Å²) in [5.41, 5.74) is 3.18. The summed E-state index contributed by atoms with van der Waals surface area (Å²) in [5, 5.41) is 3.04. The molecule has 5 rings (SSSR count). The maximum atomic E-state index is 13.8. The molecular weight excluding hydrogens is 476 g/mol. The van der Waals surface area contributed by atoms with Crippen LogP contribution in [0.4, 0.5) is 11.4 Å². The fraction of sp³-hybridized carbons (Fsp3) is 0.516. The molecule has 0 spiro atoms. The number of anilines is 2. The van der Waals surface area contributed by atoms with Gasteiger partial charge in [-0.1, -0.05) is 49.6 Å². The molecule has 38 heavy (non-hydrogen) atoms. The summed E-state index contributed by atoms with van der Waals surface area (Å²) in [6, 6.07) is 15.7. The molecule has 1 heterocycles. The van der Waals surface area contributed by atoms with Gasteiger partial charge >= 0.3 is 0 Å². The van der Waals surface area contributed by atoms with Crippen LogP contribution < -0.4 is 10.2 Å². The molecule has 0 radical (unpaired) electrons. The van der Waals surface area contributed by atoms with Crippen LogP contribution in [0.15, 0.2) is 48.5 Å². The van der Waals surface area contributed by atoms with Crippen molar-refractivity contribution in [2.45, 2.75) is 57.9 Å². The number of benzene rings is 2. The van der Waals surface area contributed by atoms with E-state index in [1.54, 1.807) is 4.90 Å². The fourth-order valence-corrected chi connectivity index (χ4v) is 5.92. The first-order valence-electron chi connectivity index (χ1n) is 14.3. The lowest BCUT2D eigenvalue weighted by molar-refractivity contribution is -0.135. The molecule has 0 bridgehead atoms. The topological polar surface area (TPSA) is 73.0 Å².